The van der Waals surface area contributed by atoms with Gasteiger partial charge in [-0.2, -0.15) is 0 Å². The number of rotatable bonds is 2. The summed E-state index contributed by atoms with van der Waals surface area (Å²) in [5, 5.41) is 6.66. The molecule has 0 spiro atoms. The zero-order chi connectivity index (χ0) is 12.1. The number of nitrogens with zero attached hydrogens (tertiary/aromatic N) is 1. The smallest absolute Gasteiger partial charge is 0.185 e. The van der Waals surface area contributed by atoms with E-state index in [9.17, 15) is 0 Å². The molecule has 1 aromatic rings. The largest absolute Gasteiger partial charge is 0.332 e. The van der Waals surface area contributed by atoms with Gasteiger partial charge in [0.05, 0.1) is 0 Å². The second-order valence-corrected chi connectivity index (χ2v) is 4.97. The lowest BCUT2D eigenvalue weighted by molar-refractivity contribution is 0.196. The van der Waals surface area contributed by atoms with E-state index in [1.54, 1.807) is 0 Å². The van der Waals surface area contributed by atoms with Crippen molar-refractivity contribution in [3.05, 3.63) is 29.3 Å². The molecule has 1 heterocycles. The highest BCUT2D eigenvalue weighted by atomic mass is 35.5. The summed E-state index contributed by atoms with van der Waals surface area (Å²) in [6.45, 7) is 2.12. The van der Waals surface area contributed by atoms with Crippen molar-refractivity contribution in [2.45, 2.75) is 19.3 Å². The van der Waals surface area contributed by atoms with Crippen LogP contribution in [0.5, 0.6) is 0 Å². The molecule has 0 saturated carbocycles. The Morgan fingerprint density at radius 1 is 1.12 bits per heavy atom. The minimum atomic E-state index is 0.634. The summed E-state index contributed by atoms with van der Waals surface area (Å²) in [4.78, 5) is 0. The van der Waals surface area contributed by atoms with Crippen LogP contribution in [-0.2, 0) is 0 Å². The Bertz CT molecular complexity index is 374. The van der Waals surface area contributed by atoms with Gasteiger partial charge in [-0.25, -0.2) is 5.01 Å². The molecule has 0 radical (unpaired) electrons. The first-order valence-electron chi connectivity index (χ1n) is 5.82. The number of nitrogens with one attached hydrogen (secondary N) is 2. The predicted molar refractivity (Wildman–Crippen MR) is 76.2 cm³/mol. The highest BCUT2D eigenvalue weighted by Crippen LogP contribution is 2.13. The maximum absolute atomic E-state index is 5.82. The van der Waals surface area contributed by atoms with E-state index in [2.05, 4.69) is 15.8 Å². The number of hydrazine groups is 1. The Labute approximate surface area is 112 Å². The van der Waals surface area contributed by atoms with Crippen LogP contribution in [0.15, 0.2) is 24.3 Å². The summed E-state index contributed by atoms with van der Waals surface area (Å²) < 4.78 is 0. The lowest BCUT2D eigenvalue weighted by Gasteiger charge is -2.28. The molecule has 1 saturated heterocycles. The molecule has 0 bridgehead atoms. The van der Waals surface area contributed by atoms with Crippen LogP contribution in [-0.4, -0.2) is 23.2 Å². The third-order valence-corrected chi connectivity index (χ3v) is 3.16. The number of benzene rings is 1. The molecule has 0 aromatic heterocycles. The fourth-order valence-corrected chi connectivity index (χ4v) is 2.21. The molecular weight excluding hydrogens is 254 g/mol. The number of anilines is 1. The highest BCUT2D eigenvalue weighted by Gasteiger charge is 2.10. The molecule has 0 aliphatic carbocycles. The van der Waals surface area contributed by atoms with Crippen LogP contribution in [0.1, 0.15) is 19.3 Å². The molecule has 1 aliphatic rings. The van der Waals surface area contributed by atoms with Gasteiger partial charge >= 0.3 is 0 Å². The third kappa shape index (κ3) is 4.15. The molecular formula is C12H16ClN3S. The van der Waals surface area contributed by atoms with Gasteiger partial charge in [0, 0.05) is 23.8 Å². The van der Waals surface area contributed by atoms with Crippen LogP contribution in [0.4, 0.5) is 5.69 Å². The van der Waals surface area contributed by atoms with Gasteiger partial charge < -0.3 is 5.32 Å². The molecule has 2 rings (SSSR count). The van der Waals surface area contributed by atoms with E-state index in [1.165, 1.54) is 19.3 Å². The molecule has 3 nitrogen and oxygen atoms in total. The average Bonchev–Trinajstić information content (AvgIpc) is 2.33. The van der Waals surface area contributed by atoms with E-state index >= 15 is 0 Å². The van der Waals surface area contributed by atoms with Crippen molar-refractivity contribution >= 4 is 34.6 Å². The summed E-state index contributed by atoms with van der Waals surface area (Å²) in [5.74, 6) is 0. The normalized spacial score (nSPS) is 16.5. The molecule has 92 valence electrons. The number of halogens is 1. The number of piperidine rings is 1. The fraction of sp³-hybridized carbons (Fsp3) is 0.417. The Morgan fingerprint density at radius 3 is 2.41 bits per heavy atom. The van der Waals surface area contributed by atoms with Crippen LogP contribution < -0.4 is 10.7 Å². The number of hydrogen-bond acceptors (Lipinski definition) is 2. The van der Waals surface area contributed by atoms with Crippen molar-refractivity contribution in [3.63, 3.8) is 0 Å². The number of hydrogen-bond donors (Lipinski definition) is 2. The summed E-state index contributed by atoms with van der Waals surface area (Å²) in [5.41, 5.74) is 4.15. The quantitative estimate of drug-likeness (QED) is 0.807. The van der Waals surface area contributed by atoms with Gasteiger partial charge in [0.25, 0.3) is 0 Å². The first-order valence-corrected chi connectivity index (χ1v) is 6.61. The van der Waals surface area contributed by atoms with Crippen LogP contribution >= 0.6 is 23.8 Å². The van der Waals surface area contributed by atoms with E-state index in [4.69, 9.17) is 23.8 Å². The van der Waals surface area contributed by atoms with Crippen molar-refractivity contribution in [3.8, 4) is 0 Å². The lowest BCUT2D eigenvalue weighted by Crippen LogP contribution is -2.46. The topological polar surface area (TPSA) is 27.3 Å². The standard InChI is InChI=1S/C12H16ClN3S/c13-10-4-6-11(7-5-10)14-12(17)15-16-8-2-1-3-9-16/h4-7H,1-3,8-9H2,(H2,14,15,17). The van der Waals surface area contributed by atoms with Gasteiger partial charge in [-0.1, -0.05) is 18.0 Å². The van der Waals surface area contributed by atoms with Crippen LogP contribution in [0.3, 0.4) is 0 Å². The SMILES string of the molecule is S=C(Nc1ccc(Cl)cc1)NN1CCCCC1. The van der Waals surface area contributed by atoms with Crippen molar-refractivity contribution in [2.75, 3.05) is 18.4 Å². The third-order valence-electron chi connectivity index (χ3n) is 2.72. The average molecular weight is 270 g/mol. The van der Waals surface area contributed by atoms with E-state index in [0.717, 1.165) is 23.8 Å². The summed E-state index contributed by atoms with van der Waals surface area (Å²) in [7, 11) is 0. The molecule has 17 heavy (non-hydrogen) atoms. The summed E-state index contributed by atoms with van der Waals surface area (Å²) in [6, 6.07) is 7.50. The van der Waals surface area contributed by atoms with Gasteiger partial charge in [0.1, 0.15) is 0 Å². The zero-order valence-electron chi connectivity index (χ0n) is 9.58. The van der Waals surface area contributed by atoms with Gasteiger partial charge in [-0.15, -0.1) is 0 Å². The Hall–Kier alpha value is -0.840. The van der Waals surface area contributed by atoms with Gasteiger partial charge in [-0.05, 0) is 49.3 Å². The van der Waals surface area contributed by atoms with Crippen LogP contribution in [0, 0.1) is 0 Å². The summed E-state index contributed by atoms with van der Waals surface area (Å²) in [6.07, 6.45) is 3.78. The van der Waals surface area contributed by atoms with Crippen LogP contribution in [0.2, 0.25) is 5.02 Å². The number of thiocarbonyl (C=S) groups is 1. The van der Waals surface area contributed by atoms with E-state index in [-0.39, 0.29) is 0 Å². The molecule has 1 aliphatic heterocycles. The van der Waals surface area contributed by atoms with Crippen molar-refractivity contribution in [1.29, 1.82) is 0 Å². The highest BCUT2D eigenvalue weighted by molar-refractivity contribution is 7.80. The molecule has 0 atom stereocenters. The second-order valence-electron chi connectivity index (χ2n) is 4.12. The minimum Gasteiger partial charge on any atom is -0.332 e. The monoisotopic (exact) mass is 269 g/mol. The van der Waals surface area contributed by atoms with Crippen molar-refractivity contribution in [1.82, 2.24) is 10.4 Å². The van der Waals surface area contributed by atoms with Crippen LogP contribution in [0.25, 0.3) is 0 Å². The maximum atomic E-state index is 5.82. The molecule has 5 heteroatoms. The molecule has 2 N–H and O–H groups in total. The predicted octanol–water partition coefficient (Wildman–Crippen LogP) is 3.03. The zero-order valence-corrected chi connectivity index (χ0v) is 11.2. The molecule has 1 aromatic carbocycles. The Kier molecular flexibility index (Phi) is 4.59. The summed E-state index contributed by atoms with van der Waals surface area (Å²) >= 11 is 11.1. The first-order chi connectivity index (χ1) is 8.24. The van der Waals surface area contributed by atoms with E-state index < -0.39 is 0 Å². The first kappa shape index (κ1) is 12.6. The Morgan fingerprint density at radius 2 is 1.76 bits per heavy atom. The fourth-order valence-electron chi connectivity index (χ4n) is 1.84. The van der Waals surface area contributed by atoms with E-state index in [1.807, 2.05) is 24.3 Å². The Balaban J connectivity index is 1.82. The van der Waals surface area contributed by atoms with Crippen molar-refractivity contribution in [2.24, 2.45) is 0 Å². The molecule has 1 fully saturated rings. The second kappa shape index (κ2) is 6.19. The van der Waals surface area contributed by atoms with Gasteiger partial charge in [0.15, 0.2) is 5.11 Å². The minimum absolute atomic E-state index is 0.634. The maximum Gasteiger partial charge on any atom is 0.185 e. The van der Waals surface area contributed by atoms with Crippen molar-refractivity contribution < 1.29 is 0 Å². The van der Waals surface area contributed by atoms with Gasteiger partial charge in [-0.3, -0.25) is 5.43 Å². The van der Waals surface area contributed by atoms with Gasteiger partial charge in [0.2, 0.25) is 0 Å². The molecule has 0 unspecified atom stereocenters. The van der Waals surface area contributed by atoms with E-state index in [0.29, 0.717) is 5.11 Å². The lowest BCUT2D eigenvalue weighted by atomic mass is 10.2. The molecule has 0 amide bonds.